The molecule has 29 heavy (non-hydrogen) atoms. The molecule has 0 aliphatic heterocycles. The highest BCUT2D eigenvalue weighted by molar-refractivity contribution is 7.89. The maximum absolute atomic E-state index is 12.5. The summed E-state index contributed by atoms with van der Waals surface area (Å²) < 4.78 is 31.3. The Morgan fingerprint density at radius 1 is 0.862 bits per heavy atom. The molecule has 0 fully saturated rings. The third-order valence-corrected chi connectivity index (χ3v) is 6.36. The minimum atomic E-state index is -3.74. The standard InChI is InChI=1S/C23H23NO4S/c1-18-8-14-22(15-9-18)29(26,27)24(2)16-23(25)28-17-19-10-12-21(13-11-19)20-6-4-3-5-7-20/h3-15H,16-17H2,1-2H3. The van der Waals surface area contributed by atoms with E-state index in [1.165, 1.54) is 19.2 Å². The number of aryl methyl sites for hydroxylation is 1. The highest BCUT2D eigenvalue weighted by Crippen LogP contribution is 2.19. The minimum Gasteiger partial charge on any atom is -0.460 e. The van der Waals surface area contributed by atoms with E-state index < -0.39 is 16.0 Å². The number of rotatable bonds is 7. The van der Waals surface area contributed by atoms with Crippen molar-refractivity contribution >= 4 is 16.0 Å². The maximum atomic E-state index is 12.5. The van der Waals surface area contributed by atoms with E-state index in [2.05, 4.69) is 0 Å². The molecule has 0 atom stereocenters. The largest absolute Gasteiger partial charge is 0.460 e. The Kier molecular flexibility index (Phi) is 6.46. The normalized spacial score (nSPS) is 11.4. The van der Waals surface area contributed by atoms with Gasteiger partial charge in [-0.25, -0.2) is 8.42 Å². The molecule has 0 unspecified atom stereocenters. The van der Waals surface area contributed by atoms with E-state index >= 15 is 0 Å². The van der Waals surface area contributed by atoms with Gasteiger partial charge in [0.25, 0.3) is 0 Å². The van der Waals surface area contributed by atoms with Crippen LogP contribution in [0.15, 0.2) is 83.8 Å². The van der Waals surface area contributed by atoms with E-state index in [9.17, 15) is 13.2 Å². The first-order valence-corrected chi connectivity index (χ1v) is 10.6. The lowest BCUT2D eigenvalue weighted by molar-refractivity contribution is -0.144. The van der Waals surface area contributed by atoms with Crippen LogP contribution in [0.5, 0.6) is 0 Å². The van der Waals surface area contributed by atoms with Crippen molar-refractivity contribution in [3.63, 3.8) is 0 Å². The van der Waals surface area contributed by atoms with Crippen molar-refractivity contribution < 1.29 is 17.9 Å². The van der Waals surface area contributed by atoms with Gasteiger partial charge in [0.05, 0.1) is 4.90 Å². The summed E-state index contributed by atoms with van der Waals surface area (Å²) in [6.07, 6.45) is 0. The molecule has 0 bridgehead atoms. The summed E-state index contributed by atoms with van der Waals surface area (Å²) in [5, 5.41) is 0. The Morgan fingerprint density at radius 3 is 2.07 bits per heavy atom. The number of carbonyl (C=O) groups is 1. The predicted molar refractivity (Wildman–Crippen MR) is 113 cm³/mol. The van der Waals surface area contributed by atoms with Crippen LogP contribution >= 0.6 is 0 Å². The van der Waals surface area contributed by atoms with Crippen LogP contribution in [0.25, 0.3) is 11.1 Å². The second-order valence-electron chi connectivity index (χ2n) is 6.80. The molecule has 0 aliphatic carbocycles. The number of ether oxygens (including phenoxy) is 1. The molecule has 0 aromatic heterocycles. The van der Waals surface area contributed by atoms with E-state index in [0.717, 1.165) is 26.6 Å². The first kappa shape index (κ1) is 20.8. The van der Waals surface area contributed by atoms with E-state index in [-0.39, 0.29) is 18.0 Å². The fourth-order valence-corrected chi connectivity index (χ4v) is 3.91. The Balaban J connectivity index is 1.56. The lowest BCUT2D eigenvalue weighted by atomic mass is 10.0. The smallest absolute Gasteiger partial charge is 0.321 e. The first-order chi connectivity index (χ1) is 13.9. The summed E-state index contributed by atoms with van der Waals surface area (Å²) in [7, 11) is -2.37. The fraction of sp³-hybridized carbons (Fsp3) is 0.174. The zero-order chi connectivity index (χ0) is 20.9. The summed E-state index contributed by atoms with van der Waals surface area (Å²) >= 11 is 0. The molecule has 0 spiro atoms. The maximum Gasteiger partial charge on any atom is 0.321 e. The SMILES string of the molecule is Cc1ccc(S(=O)(=O)N(C)CC(=O)OCc2ccc(-c3ccccc3)cc2)cc1. The Labute approximate surface area is 171 Å². The van der Waals surface area contributed by atoms with Crippen LogP contribution in [0.2, 0.25) is 0 Å². The van der Waals surface area contributed by atoms with Gasteiger partial charge in [-0.05, 0) is 35.7 Å². The van der Waals surface area contributed by atoms with E-state index in [0.29, 0.717) is 0 Å². The van der Waals surface area contributed by atoms with Crippen molar-refractivity contribution in [2.75, 3.05) is 13.6 Å². The Bertz CT molecular complexity index is 1060. The van der Waals surface area contributed by atoms with Gasteiger partial charge in [-0.2, -0.15) is 4.31 Å². The van der Waals surface area contributed by atoms with Gasteiger partial charge >= 0.3 is 5.97 Å². The minimum absolute atomic E-state index is 0.0896. The van der Waals surface area contributed by atoms with Crippen LogP contribution in [-0.2, 0) is 26.2 Å². The van der Waals surface area contributed by atoms with Crippen molar-refractivity contribution in [3.05, 3.63) is 90.0 Å². The number of esters is 1. The van der Waals surface area contributed by atoms with Crippen molar-refractivity contribution in [2.45, 2.75) is 18.4 Å². The topological polar surface area (TPSA) is 63.7 Å². The zero-order valence-corrected chi connectivity index (χ0v) is 17.2. The van der Waals surface area contributed by atoms with Crippen LogP contribution in [-0.4, -0.2) is 32.3 Å². The van der Waals surface area contributed by atoms with Crippen molar-refractivity contribution in [3.8, 4) is 11.1 Å². The molecule has 150 valence electrons. The van der Waals surface area contributed by atoms with Crippen LogP contribution in [0, 0.1) is 6.92 Å². The number of carbonyl (C=O) groups excluding carboxylic acids is 1. The summed E-state index contributed by atoms with van der Waals surface area (Å²) in [4.78, 5) is 12.3. The summed E-state index contributed by atoms with van der Waals surface area (Å²) in [6, 6.07) is 24.2. The predicted octanol–water partition coefficient (Wildman–Crippen LogP) is 4.03. The van der Waals surface area contributed by atoms with Gasteiger partial charge in [0, 0.05) is 7.05 Å². The molecule has 0 N–H and O–H groups in total. The van der Waals surface area contributed by atoms with Crippen molar-refractivity contribution in [1.29, 1.82) is 0 Å². The van der Waals surface area contributed by atoms with Crippen LogP contribution in [0.1, 0.15) is 11.1 Å². The van der Waals surface area contributed by atoms with Gasteiger partial charge in [0.15, 0.2) is 0 Å². The zero-order valence-electron chi connectivity index (χ0n) is 16.4. The van der Waals surface area contributed by atoms with E-state index in [1.807, 2.05) is 61.5 Å². The molecular formula is C23H23NO4S. The molecule has 0 aliphatic rings. The van der Waals surface area contributed by atoms with Gasteiger partial charge < -0.3 is 4.74 Å². The second-order valence-corrected chi connectivity index (χ2v) is 8.84. The molecule has 3 aromatic carbocycles. The molecule has 0 saturated carbocycles. The number of benzene rings is 3. The summed E-state index contributed by atoms with van der Waals surface area (Å²) in [6.45, 7) is 1.62. The lowest BCUT2D eigenvalue weighted by Crippen LogP contribution is -2.33. The molecule has 0 heterocycles. The fourth-order valence-electron chi connectivity index (χ4n) is 2.79. The average Bonchev–Trinajstić information content (AvgIpc) is 2.73. The highest BCUT2D eigenvalue weighted by Gasteiger charge is 2.23. The second kappa shape index (κ2) is 9.03. The molecule has 6 heteroatoms. The number of hydrogen-bond donors (Lipinski definition) is 0. The summed E-state index contributed by atoms with van der Waals surface area (Å²) in [5.74, 6) is -0.602. The molecule has 0 radical (unpaired) electrons. The third kappa shape index (κ3) is 5.31. The number of nitrogens with zero attached hydrogens (tertiary/aromatic N) is 1. The number of likely N-dealkylation sites (N-methyl/N-ethyl adjacent to an activating group) is 1. The molecule has 3 aromatic rings. The quantitative estimate of drug-likeness (QED) is 0.553. The molecular weight excluding hydrogens is 386 g/mol. The third-order valence-electron chi connectivity index (χ3n) is 4.54. The van der Waals surface area contributed by atoms with Crippen molar-refractivity contribution in [1.82, 2.24) is 4.31 Å². The van der Waals surface area contributed by atoms with Crippen molar-refractivity contribution in [2.24, 2.45) is 0 Å². The molecule has 3 rings (SSSR count). The number of hydrogen-bond acceptors (Lipinski definition) is 4. The van der Waals surface area contributed by atoms with Gasteiger partial charge in [-0.15, -0.1) is 0 Å². The van der Waals surface area contributed by atoms with Gasteiger partial charge in [-0.3, -0.25) is 4.79 Å². The van der Waals surface area contributed by atoms with E-state index in [4.69, 9.17) is 4.74 Å². The van der Waals surface area contributed by atoms with Gasteiger partial charge in [-0.1, -0.05) is 72.3 Å². The summed E-state index contributed by atoms with van der Waals surface area (Å²) in [5.41, 5.74) is 3.98. The molecule has 0 saturated heterocycles. The van der Waals surface area contributed by atoms with Crippen LogP contribution in [0.3, 0.4) is 0 Å². The van der Waals surface area contributed by atoms with E-state index in [1.54, 1.807) is 12.1 Å². The van der Waals surface area contributed by atoms with Crippen LogP contribution in [0.4, 0.5) is 0 Å². The number of sulfonamides is 1. The Morgan fingerprint density at radius 2 is 1.45 bits per heavy atom. The first-order valence-electron chi connectivity index (χ1n) is 9.19. The average molecular weight is 410 g/mol. The molecule has 0 amide bonds. The van der Waals surface area contributed by atoms with Crippen LogP contribution < -0.4 is 0 Å². The molecule has 5 nitrogen and oxygen atoms in total. The van der Waals surface area contributed by atoms with Gasteiger partial charge in [0.1, 0.15) is 13.2 Å². The van der Waals surface area contributed by atoms with Gasteiger partial charge in [0.2, 0.25) is 10.0 Å². The Hall–Kier alpha value is -2.96. The highest BCUT2D eigenvalue weighted by atomic mass is 32.2. The lowest BCUT2D eigenvalue weighted by Gasteiger charge is -2.16. The monoisotopic (exact) mass is 409 g/mol.